The molecule has 0 fully saturated rings. The molecule has 3 aromatic rings. The first kappa shape index (κ1) is 20.6. The van der Waals surface area contributed by atoms with Crippen LogP contribution in [0, 0.1) is 6.92 Å². The van der Waals surface area contributed by atoms with E-state index in [-0.39, 0.29) is 17.2 Å². The predicted octanol–water partition coefficient (Wildman–Crippen LogP) is 4.29. The second-order valence-corrected chi connectivity index (χ2v) is 8.42. The van der Waals surface area contributed by atoms with Crippen LogP contribution in [-0.4, -0.2) is 21.2 Å². The SMILES string of the molecule is CCCn1c(SCC(=O)NCc2ccc(C)cc2)nc2ccc(Br)cc2c1=O. The van der Waals surface area contributed by atoms with Crippen LogP contribution in [0.1, 0.15) is 24.5 Å². The highest BCUT2D eigenvalue weighted by molar-refractivity contribution is 9.10. The highest BCUT2D eigenvalue weighted by atomic mass is 79.9. The summed E-state index contributed by atoms with van der Waals surface area (Å²) in [5.74, 6) is 0.128. The molecule has 0 saturated carbocycles. The average molecular weight is 460 g/mol. The molecule has 0 aliphatic rings. The van der Waals surface area contributed by atoms with Gasteiger partial charge < -0.3 is 5.32 Å². The Hall–Kier alpha value is -2.12. The molecule has 0 unspecified atom stereocenters. The Kier molecular flexibility index (Phi) is 6.91. The molecule has 0 radical (unpaired) electrons. The van der Waals surface area contributed by atoms with Crippen molar-refractivity contribution in [2.75, 3.05) is 5.75 Å². The van der Waals surface area contributed by atoms with Gasteiger partial charge in [-0.1, -0.05) is 64.4 Å². The van der Waals surface area contributed by atoms with Gasteiger partial charge in [-0.3, -0.25) is 14.2 Å². The molecule has 1 heterocycles. The summed E-state index contributed by atoms with van der Waals surface area (Å²) in [5, 5.41) is 4.07. The third kappa shape index (κ3) is 5.02. The summed E-state index contributed by atoms with van der Waals surface area (Å²) >= 11 is 4.70. The van der Waals surface area contributed by atoms with Crippen LogP contribution in [-0.2, 0) is 17.9 Å². The molecule has 3 rings (SSSR count). The van der Waals surface area contributed by atoms with E-state index in [0.717, 1.165) is 16.5 Å². The number of nitrogens with zero attached hydrogens (tertiary/aromatic N) is 2. The number of rotatable bonds is 7. The van der Waals surface area contributed by atoms with Crippen molar-refractivity contribution in [3.63, 3.8) is 0 Å². The topological polar surface area (TPSA) is 64.0 Å². The number of aromatic nitrogens is 2. The van der Waals surface area contributed by atoms with Gasteiger partial charge in [-0.25, -0.2) is 4.98 Å². The summed E-state index contributed by atoms with van der Waals surface area (Å²) in [6.07, 6.45) is 0.814. The normalized spacial score (nSPS) is 11.0. The molecule has 0 bridgehead atoms. The van der Waals surface area contributed by atoms with E-state index in [9.17, 15) is 9.59 Å². The summed E-state index contributed by atoms with van der Waals surface area (Å²) in [7, 11) is 0. The monoisotopic (exact) mass is 459 g/mol. The van der Waals surface area contributed by atoms with Gasteiger partial charge in [0, 0.05) is 17.6 Å². The third-order valence-electron chi connectivity index (χ3n) is 4.27. The molecule has 1 aromatic heterocycles. The van der Waals surface area contributed by atoms with Crippen LogP contribution >= 0.6 is 27.7 Å². The maximum absolute atomic E-state index is 12.9. The number of carbonyl (C=O) groups excluding carboxylic acids is 1. The molecule has 5 nitrogen and oxygen atoms in total. The van der Waals surface area contributed by atoms with Crippen molar-refractivity contribution in [1.29, 1.82) is 0 Å². The van der Waals surface area contributed by atoms with Crippen molar-refractivity contribution in [3.05, 3.63) is 68.4 Å². The number of hydrogen-bond donors (Lipinski definition) is 1. The number of benzene rings is 2. The zero-order valence-electron chi connectivity index (χ0n) is 15.9. The summed E-state index contributed by atoms with van der Waals surface area (Å²) in [6, 6.07) is 13.5. The highest BCUT2D eigenvalue weighted by Gasteiger charge is 2.13. The van der Waals surface area contributed by atoms with Crippen molar-refractivity contribution in [1.82, 2.24) is 14.9 Å². The van der Waals surface area contributed by atoms with Crippen LogP contribution < -0.4 is 10.9 Å². The summed E-state index contributed by atoms with van der Waals surface area (Å²) in [5.41, 5.74) is 2.81. The number of hydrogen-bond acceptors (Lipinski definition) is 4. The molecule has 146 valence electrons. The zero-order valence-corrected chi connectivity index (χ0v) is 18.3. The van der Waals surface area contributed by atoms with E-state index in [1.807, 2.05) is 50.2 Å². The molecule has 0 atom stereocenters. The van der Waals surface area contributed by atoms with Gasteiger partial charge in [0.15, 0.2) is 5.16 Å². The van der Waals surface area contributed by atoms with Gasteiger partial charge in [0.1, 0.15) is 0 Å². The quantitative estimate of drug-likeness (QED) is 0.422. The van der Waals surface area contributed by atoms with E-state index in [4.69, 9.17) is 0 Å². The lowest BCUT2D eigenvalue weighted by Crippen LogP contribution is -2.26. The number of nitrogens with one attached hydrogen (secondary N) is 1. The number of halogens is 1. The van der Waals surface area contributed by atoms with Crippen molar-refractivity contribution >= 4 is 44.5 Å². The van der Waals surface area contributed by atoms with Gasteiger partial charge in [0.25, 0.3) is 5.56 Å². The van der Waals surface area contributed by atoms with Crippen molar-refractivity contribution in [2.24, 2.45) is 0 Å². The first-order valence-electron chi connectivity index (χ1n) is 9.13. The van der Waals surface area contributed by atoms with Gasteiger partial charge in [-0.2, -0.15) is 0 Å². The van der Waals surface area contributed by atoms with E-state index in [0.29, 0.717) is 29.1 Å². The molecular formula is C21H22BrN3O2S. The molecule has 0 aliphatic heterocycles. The fraction of sp³-hybridized carbons (Fsp3) is 0.286. The Bertz CT molecular complexity index is 1050. The van der Waals surface area contributed by atoms with E-state index in [2.05, 4.69) is 26.2 Å². The van der Waals surface area contributed by atoms with Crippen LogP contribution in [0.2, 0.25) is 0 Å². The van der Waals surface area contributed by atoms with Gasteiger partial charge >= 0.3 is 0 Å². The van der Waals surface area contributed by atoms with E-state index in [1.165, 1.54) is 17.3 Å². The number of fused-ring (bicyclic) bond motifs is 1. The molecule has 1 N–H and O–H groups in total. The minimum atomic E-state index is -0.0845. The van der Waals surface area contributed by atoms with Crippen molar-refractivity contribution < 1.29 is 4.79 Å². The van der Waals surface area contributed by atoms with Crippen LogP contribution in [0.25, 0.3) is 10.9 Å². The van der Waals surface area contributed by atoms with Crippen LogP contribution in [0.3, 0.4) is 0 Å². The van der Waals surface area contributed by atoms with E-state index >= 15 is 0 Å². The number of thioether (sulfide) groups is 1. The summed E-state index contributed by atoms with van der Waals surface area (Å²) in [4.78, 5) is 29.7. The summed E-state index contributed by atoms with van der Waals surface area (Å²) < 4.78 is 2.50. The molecule has 0 aliphatic carbocycles. The Morgan fingerprint density at radius 1 is 1.21 bits per heavy atom. The Morgan fingerprint density at radius 2 is 1.96 bits per heavy atom. The zero-order chi connectivity index (χ0) is 20.1. The standard InChI is InChI=1S/C21H22BrN3O2S/c1-3-10-25-20(27)17-11-16(22)8-9-18(17)24-21(25)28-13-19(26)23-12-15-6-4-14(2)5-7-15/h4-9,11H,3,10,12-13H2,1-2H3,(H,23,26). The molecule has 0 saturated heterocycles. The molecule has 28 heavy (non-hydrogen) atoms. The lowest BCUT2D eigenvalue weighted by molar-refractivity contribution is -0.118. The lowest BCUT2D eigenvalue weighted by Gasteiger charge is -2.12. The van der Waals surface area contributed by atoms with Crippen molar-refractivity contribution in [3.8, 4) is 0 Å². The predicted molar refractivity (Wildman–Crippen MR) is 118 cm³/mol. The van der Waals surface area contributed by atoms with Gasteiger partial charge in [0.2, 0.25) is 5.91 Å². The van der Waals surface area contributed by atoms with Gasteiger partial charge in [0.05, 0.1) is 16.7 Å². The Labute approximate surface area is 176 Å². The number of carbonyl (C=O) groups is 1. The van der Waals surface area contributed by atoms with E-state index < -0.39 is 0 Å². The molecule has 7 heteroatoms. The minimum Gasteiger partial charge on any atom is -0.351 e. The highest BCUT2D eigenvalue weighted by Crippen LogP contribution is 2.20. The Balaban J connectivity index is 1.72. The largest absolute Gasteiger partial charge is 0.351 e. The van der Waals surface area contributed by atoms with Crippen LogP contribution in [0.4, 0.5) is 0 Å². The Morgan fingerprint density at radius 3 is 2.68 bits per heavy atom. The maximum atomic E-state index is 12.9. The van der Waals surface area contributed by atoms with Crippen molar-refractivity contribution in [2.45, 2.75) is 38.5 Å². The smallest absolute Gasteiger partial charge is 0.262 e. The molecule has 0 spiro atoms. The number of amides is 1. The average Bonchev–Trinajstić information content (AvgIpc) is 2.69. The molecule has 2 aromatic carbocycles. The maximum Gasteiger partial charge on any atom is 0.262 e. The second kappa shape index (κ2) is 9.39. The van der Waals surface area contributed by atoms with Crippen LogP contribution in [0.5, 0.6) is 0 Å². The van der Waals surface area contributed by atoms with E-state index in [1.54, 1.807) is 10.6 Å². The first-order valence-corrected chi connectivity index (χ1v) is 10.9. The fourth-order valence-electron chi connectivity index (χ4n) is 2.79. The fourth-order valence-corrected chi connectivity index (χ4v) is 4.01. The van der Waals surface area contributed by atoms with Gasteiger partial charge in [-0.15, -0.1) is 0 Å². The minimum absolute atomic E-state index is 0.0734. The van der Waals surface area contributed by atoms with Gasteiger partial charge in [-0.05, 0) is 37.1 Å². The third-order valence-corrected chi connectivity index (χ3v) is 5.74. The first-order chi connectivity index (χ1) is 13.5. The summed E-state index contributed by atoms with van der Waals surface area (Å²) in [6.45, 7) is 5.10. The molecule has 1 amide bonds. The van der Waals surface area contributed by atoms with Crippen LogP contribution in [0.15, 0.2) is 56.9 Å². The lowest BCUT2D eigenvalue weighted by atomic mass is 10.1. The number of aryl methyl sites for hydroxylation is 1. The molecular weight excluding hydrogens is 438 g/mol. The second-order valence-electron chi connectivity index (χ2n) is 6.56.